The smallest absolute Gasteiger partial charge is 0.236 e. The van der Waals surface area contributed by atoms with Crippen LogP contribution in [0.5, 0.6) is 0 Å². The van der Waals surface area contributed by atoms with Crippen LogP contribution in [-0.4, -0.2) is 34.0 Å². The molecule has 4 nitrogen and oxygen atoms in total. The van der Waals surface area contributed by atoms with Crippen LogP contribution in [0.2, 0.25) is 0 Å². The summed E-state index contributed by atoms with van der Waals surface area (Å²) in [6.45, 7) is 3.37. The monoisotopic (exact) mass is 239 g/mol. The second-order valence-corrected chi connectivity index (χ2v) is 6.12. The fourth-order valence-electron chi connectivity index (χ4n) is 3.03. The summed E-state index contributed by atoms with van der Waals surface area (Å²) in [4.78, 5) is 25.6. The lowest BCUT2D eigenvalue weighted by molar-refractivity contribution is -0.145. The van der Waals surface area contributed by atoms with Gasteiger partial charge < -0.3 is 5.11 Å². The highest BCUT2D eigenvalue weighted by Crippen LogP contribution is 2.45. The summed E-state index contributed by atoms with van der Waals surface area (Å²) >= 11 is 0. The largest absolute Gasteiger partial charge is 0.389 e. The molecule has 0 radical (unpaired) electrons. The predicted molar refractivity (Wildman–Crippen MR) is 63.2 cm³/mol. The molecular weight excluding hydrogens is 218 g/mol. The van der Waals surface area contributed by atoms with Crippen LogP contribution in [0.1, 0.15) is 52.4 Å². The van der Waals surface area contributed by atoms with Crippen LogP contribution >= 0.6 is 0 Å². The molecule has 0 aromatic carbocycles. The highest BCUT2D eigenvalue weighted by atomic mass is 16.3. The van der Waals surface area contributed by atoms with Gasteiger partial charge in [-0.05, 0) is 26.7 Å². The summed E-state index contributed by atoms with van der Waals surface area (Å²) in [7, 11) is 0. The Balaban J connectivity index is 2.16. The number of likely N-dealkylation sites (tertiary alicyclic amines) is 1. The molecule has 1 saturated heterocycles. The number of amides is 2. The zero-order chi connectivity index (χ0) is 12.7. The molecule has 0 bridgehead atoms. The lowest BCUT2D eigenvalue weighted by Gasteiger charge is -2.31. The van der Waals surface area contributed by atoms with Gasteiger partial charge >= 0.3 is 0 Å². The fourth-order valence-corrected chi connectivity index (χ4v) is 3.03. The lowest BCUT2D eigenvalue weighted by atomic mass is 9.73. The van der Waals surface area contributed by atoms with Crippen molar-refractivity contribution in [1.29, 1.82) is 0 Å². The number of nitrogens with zero attached hydrogens (tertiary/aromatic N) is 1. The molecule has 0 aromatic heterocycles. The first kappa shape index (κ1) is 12.6. The minimum absolute atomic E-state index is 0.0516. The first-order chi connectivity index (χ1) is 7.84. The summed E-state index contributed by atoms with van der Waals surface area (Å²) in [5.41, 5.74) is -1.44. The average molecular weight is 239 g/mol. The van der Waals surface area contributed by atoms with Gasteiger partial charge in [0.15, 0.2) is 0 Å². The van der Waals surface area contributed by atoms with E-state index in [0.717, 1.165) is 32.1 Å². The van der Waals surface area contributed by atoms with Gasteiger partial charge in [-0.2, -0.15) is 0 Å². The van der Waals surface area contributed by atoms with Gasteiger partial charge in [-0.25, -0.2) is 0 Å². The third-order valence-corrected chi connectivity index (χ3v) is 3.85. The van der Waals surface area contributed by atoms with E-state index in [2.05, 4.69) is 0 Å². The molecule has 2 fully saturated rings. The lowest BCUT2D eigenvalue weighted by Crippen LogP contribution is -2.44. The van der Waals surface area contributed by atoms with Crippen LogP contribution < -0.4 is 0 Å². The molecule has 1 spiro atoms. The molecule has 17 heavy (non-hydrogen) atoms. The van der Waals surface area contributed by atoms with Crippen molar-refractivity contribution in [3.63, 3.8) is 0 Å². The van der Waals surface area contributed by atoms with Crippen LogP contribution in [0, 0.1) is 5.41 Å². The second-order valence-electron chi connectivity index (χ2n) is 6.12. The molecule has 1 heterocycles. The van der Waals surface area contributed by atoms with E-state index in [1.54, 1.807) is 13.8 Å². The topological polar surface area (TPSA) is 57.6 Å². The Morgan fingerprint density at radius 1 is 1.24 bits per heavy atom. The molecule has 2 rings (SSSR count). The van der Waals surface area contributed by atoms with Crippen molar-refractivity contribution >= 4 is 11.8 Å². The maximum absolute atomic E-state index is 12.4. The molecule has 2 amide bonds. The minimum atomic E-state index is -1.01. The molecule has 1 aliphatic heterocycles. The Bertz CT molecular complexity index is 337. The van der Waals surface area contributed by atoms with Crippen LogP contribution in [0.15, 0.2) is 0 Å². The van der Waals surface area contributed by atoms with Crippen molar-refractivity contribution in [2.45, 2.75) is 58.0 Å². The van der Waals surface area contributed by atoms with E-state index in [0.29, 0.717) is 6.42 Å². The number of rotatable bonds is 2. The molecule has 1 aliphatic carbocycles. The van der Waals surface area contributed by atoms with Gasteiger partial charge in [0.25, 0.3) is 0 Å². The predicted octanol–water partition coefficient (Wildman–Crippen LogP) is 1.47. The minimum Gasteiger partial charge on any atom is -0.389 e. The van der Waals surface area contributed by atoms with Gasteiger partial charge in [-0.15, -0.1) is 0 Å². The second kappa shape index (κ2) is 4.09. The van der Waals surface area contributed by atoms with Crippen molar-refractivity contribution < 1.29 is 14.7 Å². The van der Waals surface area contributed by atoms with Crippen molar-refractivity contribution in [2.75, 3.05) is 6.54 Å². The van der Waals surface area contributed by atoms with Crippen molar-refractivity contribution in [1.82, 2.24) is 4.90 Å². The Morgan fingerprint density at radius 3 is 2.35 bits per heavy atom. The maximum Gasteiger partial charge on any atom is 0.236 e. The number of β-amino-alcohol motifs (C(OH)–C–C–N with tert-alkyl or cyclic N) is 1. The first-order valence-electron chi connectivity index (χ1n) is 6.41. The fraction of sp³-hybridized carbons (Fsp3) is 0.846. The summed E-state index contributed by atoms with van der Waals surface area (Å²) in [6, 6.07) is 0. The average Bonchev–Trinajstić information content (AvgIpc) is 2.43. The van der Waals surface area contributed by atoms with Gasteiger partial charge in [0, 0.05) is 6.42 Å². The van der Waals surface area contributed by atoms with E-state index < -0.39 is 11.0 Å². The Kier molecular flexibility index (Phi) is 3.02. The van der Waals surface area contributed by atoms with Gasteiger partial charge in [-0.1, -0.05) is 19.3 Å². The molecule has 0 aromatic rings. The highest BCUT2D eigenvalue weighted by molar-refractivity contribution is 6.06. The highest BCUT2D eigenvalue weighted by Gasteiger charge is 2.52. The summed E-state index contributed by atoms with van der Waals surface area (Å²) < 4.78 is 0. The van der Waals surface area contributed by atoms with E-state index in [1.807, 2.05) is 0 Å². The SMILES string of the molecule is CC(C)(O)CN1C(=O)CC2(CCCCC2)C1=O. The van der Waals surface area contributed by atoms with Crippen LogP contribution in [0.25, 0.3) is 0 Å². The number of aliphatic hydroxyl groups is 1. The third kappa shape index (κ3) is 2.37. The zero-order valence-electron chi connectivity index (χ0n) is 10.7. The van der Waals surface area contributed by atoms with Gasteiger partial charge in [0.1, 0.15) is 0 Å². The Morgan fingerprint density at radius 2 is 1.82 bits per heavy atom. The van der Waals surface area contributed by atoms with E-state index in [9.17, 15) is 14.7 Å². The summed E-state index contributed by atoms with van der Waals surface area (Å²) in [5, 5.41) is 9.75. The molecule has 0 unspecified atom stereocenters. The quantitative estimate of drug-likeness (QED) is 0.742. The summed E-state index contributed by atoms with van der Waals surface area (Å²) in [6.07, 6.45) is 5.25. The molecule has 4 heteroatoms. The van der Waals surface area contributed by atoms with Gasteiger partial charge in [0.2, 0.25) is 11.8 Å². The maximum atomic E-state index is 12.4. The third-order valence-electron chi connectivity index (χ3n) is 3.85. The van der Waals surface area contributed by atoms with Crippen molar-refractivity contribution in [3.05, 3.63) is 0 Å². The standard InChI is InChI=1S/C13H21NO3/c1-12(2,17)9-14-10(15)8-13(11(14)16)6-4-3-5-7-13/h17H,3-9H2,1-2H3. The normalized spacial score (nSPS) is 24.8. The van der Waals surface area contributed by atoms with Crippen LogP contribution in [0.4, 0.5) is 0 Å². The van der Waals surface area contributed by atoms with Crippen molar-refractivity contribution in [2.24, 2.45) is 5.41 Å². The first-order valence-corrected chi connectivity index (χ1v) is 6.41. The van der Waals surface area contributed by atoms with E-state index in [4.69, 9.17) is 0 Å². The van der Waals surface area contributed by atoms with Crippen molar-refractivity contribution in [3.8, 4) is 0 Å². The van der Waals surface area contributed by atoms with E-state index >= 15 is 0 Å². The molecule has 2 aliphatic rings. The Hall–Kier alpha value is -0.900. The number of imide groups is 1. The van der Waals surface area contributed by atoms with Crippen LogP contribution in [0.3, 0.4) is 0 Å². The van der Waals surface area contributed by atoms with E-state index in [1.165, 1.54) is 4.90 Å². The molecule has 1 N–H and O–H groups in total. The number of hydrogen-bond acceptors (Lipinski definition) is 3. The number of carbonyl (C=O) groups is 2. The van der Waals surface area contributed by atoms with Gasteiger partial charge in [0.05, 0.1) is 17.6 Å². The molecule has 96 valence electrons. The van der Waals surface area contributed by atoms with Gasteiger partial charge in [-0.3, -0.25) is 14.5 Å². The van der Waals surface area contributed by atoms with Crippen LogP contribution in [-0.2, 0) is 9.59 Å². The number of carbonyl (C=O) groups excluding carboxylic acids is 2. The van der Waals surface area contributed by atoms with E-state index in [-0.39, 0.29) is 18.4 Å². The summed E-state index contributed by atoms with van der Waals surface area (Å²) in [5.74, 6) is -0.164. The molecule has 0 atom stereocenters. The molecular formula is C13H21NO3. The Labute approximate surface area is 102 Å². The number of hydrogen-bond donors (Lipinski definition) is 1. The zero-order valence-corrected chi connectivity index (χ0v) is 10.7. The molecule has 1 saturated carbocycles.